The minimum absolute atomic E-state index is 0.204. The summed E-state index contributed by atoms with van der Waals surface area (Å²) in [6.45, 7) is 11.9. The van der Waals surface area contributed by atoms with Crippen LogP contribution < -0.4 is 9.64 Å². The molecule has 0 radical (unpaired) electrons. The average Bonchev–Trinajstić information content (AvgIpc) is 2.87. The van der Waals surface area contributed by atoms with E-state index in [0.717, 1.165) is 18.7 Å². The first-order valence-corrected chi connectivity index (χ1v) is 9.59. The van der Waals surface area contributed by atoms with Crippen molar-refractivity contribution in [3.05, 3.63) is 69.9 Å². The summed E-state index contributed by atoms with van der Waals surface area (Å²) in [5.41, 5.74) is 8.82. The Kier molecular flexibility index (Phi) is 5.14. The predicted molar refractivity (Wildman–Crippen MR) is 115 cm³/mol. The minimum Gasteiger partial charge on any atom is -0.497 e. The van der Waals surface area contributed by atoms with E-state index in [0.29, 0.717) is 0 Å². The van der Waals surface area contributed by atoms with Gasteiger partial charge in [-0.25, -0.2) is 0 Å². The number of nitrogens with zero attached hydrogens (tertiary/aromatic N) is 1. The van der Waals surface area contributed by atoms with Crippen molar-refractivity contribution in [1.82, 2.24) is 0 Å². The van der Waals surface area contributed by atoms with E-state index in [1.54, 1.807) is 7.11 Å². The van der Waals surface area contributed by atoms with Crippen LogP contribution in [-0.2, 0) is 11.8 Å². The molecule has 1 aliphatic heterocycles. The van der Waals surface area contributed by atoms with Crippen molar-refractivity contribution in [2.24, 2.45) is 0 Å². The summed E-state index contributed by atoms with van der Waals surface area (Å²) < 4.78 is 5.52. The Bertz CT molecular complexity index is 913. The number of nitrogens with one attached hydrogen (secondary N) is 1. The van der Waals surface area contributed by atoms with E-state index in [1.807, 2.05) is 12.1 Å². The zero-order valence-corrected chi connectivity index (χ0v) is 17.3. The maximum Gasteiger partial charge on any atom is 0.119 e. The lowest BCUT2D eigenvalue weighted by molar-refractivity contribution is 0.413. The van der Waals surface area contributed by atoms with Crippen LogP contribution in [0.5, 0.6) is 5.75 Å². The van der Waals surface area contributed by atoms with Gasteiger partial charge in [-0.3, -0.25) is 0 Å². The van der Waals surface area contributed by atoms with Gasteiger partial charge in [0.2, 0.25) is 0 Å². The Hall–Kier alpha value is -2.55. The predicted octanol–water partition coefficient (Wildman–Crippen LogP) is 5.49. The SMILES string of the molecule is CCN1/C(=C\C=N)C(C)(Cc2cc(C)c(C)cc2C)c2cc(OC)ccc21. The highest BCUT2D eigenvalue weighted by molar-refractivity contribution is 5.79. The second-order valence-electron chi connectivity index (χ2n) is 7.72. The molecule has 27 heavy (non-hydrogen) atoms. The van der Waals surface area contributed by atoms with Gasteiger partial charge in [0.25, 0.3) is 0 Å². The number of hydrogen-bond donors (Lipinski definition) is 1. The largest absolute Gasteiger partial charge is 0.497 e. The van der Waals surface area contributed by atoms with Crippen LogP contribution in [0.1, 0.15) is 41.7 Å². The lowest BCUT2D eigenvalue weighted by Gasteiger charge is -2.30. The molecule has 3 heteroatoms. The van der Waals surface area contributed by atoms with Crippen LogP contribution in [0, 0.1) is 26.2 Å². The van der Waals surface area contributed by atoms with Gasteiger partial charge in [-0.2, -0.15) is 0 Å². The fourth-order valence-corrected chi connectivity index (χ4v) is 4.36. The number of allylic oxidation sites excluding steroid dienone is 2. The summed E-state index contributed by atoms with van der Waals surface area (Å²) in [5, 5.41) is 7.73. The van der Waals surface area contributed by atoms with Crippen LogP contribution in [0.15, 0.2) is 42.1 Å². The zero-order valence-electron chi connectivity index (χ0n) is 17.3. The molecule has 3 rings (SSSR count). The number of aryl methyl sites for hydroxylation is 3. The Labute approximate surface area is 163 Å². The van der Waals surface area contributed by atoms with Gasteiger partial charge in [-0.1, -0.05) is 12.1 Å². The third-order valence-corrected chi connectivity index (χ3v) is 6.00. The van der Waals surface area contributed by atoms with E-state index in [-0.39, 0.29) is 5.41 Å². The molecule has 3 nitrogen and oxygen atoms in total. The molecule has 0 spiro atoms. The van der Waals surface area contributed by atoms with E-state index >= 15 is 0 Å². The summed E-state index contributed by atoms with van der Waals surface area (Å²) >= 11 is 0. The third-order valence-electron chi connectivity index (χ3n) is 6.00. The Balaban J connectivity index is 2.20. The summed E-state index contributed by atoms with van der Waals surface area (Å²) in [5.74, 6) is 0.879. The van der Waals surface area contributed by atoms with E-state index < -0.39 is 0 Å². The monoisotopic (exact) mass is 362 g/mol. The van der Waals surface area contributed by atoms with Crippen LogP contribution in [-0.4, -0.2) is 19.9 Å². The van der Waals surface area contributed by atoms with Crippen molar-refractivity contribution < 1.29 is 4.74 Å². The van der Waals surface area contributed by atoms with Gasteiger partial charge in [0, 0.05) is 29.6 Å². The molecule has 1 atom stereocenters. The molecule has 0 amide bonds. The number of fused-ring (bicyclic) bond motifs is 1. The second kappa shape index (κ2) is 7.22. The molecule has 0 saturated heterocycles. The zero-order chi connectivity index (χ0) is 19.8. The first-order valence-electron chi connectivity index (χ1n) is 9.59. The number of anilines is 1. The van der Waals surface area contributed by atoms with Crippen LogP contribution in [0.4, 0.5) is 5.69 Å². The molecule has 2 aromatic carbocycles. The number of rotatable bonds is 5. The quantitative estimate of drug-likeness (QED) is 0.714. The Morgan fingerprint density at radius 2 is 1.78 bits per heavy atom. The molecule has 1 unspecified atom stereocenters. The molecule has 0 bridgehead atoms. The summed E-state index contributed by atoms with van der Waals surface area (Å²) in [4.78, 5) is 2.33. The summed E-state index contributed by atoms with van der Waals surface area (Å²) in [6, 6.07) is 10.9. The molecule has 1 N–H and O–H groups in total. The first kappa shape index (κ1) is 19.2. The molecule has 142 valence electrons. The molecule has 0 saturated carbocycles. The van der Waals surface area contributed by atoms with Crippen molar-refractivity contribution in [2.45, 2.75) is 46.5 Å². The maximum atomic E-state index is 7.73. The van der Waals surface area contributed by atoms with E-state index in [1.165, 1.54) is 45.4 Å². The van der Waals surface area contributed by atoms with Gasteiger partial charge < -0.3 is 15.0 Å². The van der Waals surface area contributed by atoms with Crippen molar-refractivity contribution in [3.63, 3.8) is 0 Å². The van der Waals surface area contributed by atoms with Crippen LogP contribution in [0.2, 0.25) is 0 Å². The van der Waals surface area contributed by atoms with Gasteiger partial charge >= 0.3 is 0 Å². The molecule has 0 aliphatic carbocycles. The number of hydrogen-bond acceptors (Lipinski definition) is 3. The number of benzene rings is 2. The Morgan fingerprint density at radius 1 is 1.07 bits per heavy atom. The lowest BCUT2D eigenvalue weighted by atomic mass is 9.75. The molecular formula is C24H30N2O. The van der Waals surface area contributed by atoms with Crippen molar-refractivity contribution in [1.29, 1.82) is 5.41 Å². The van der Waals surface area contributed by atoms with Gasteiger partial charge in [0.1, 0.15) is 5.75 Å². The van der Waals surface area contributed by atoms with Crippen molar-refractivity contribution in [3.8, 4) is 5.75 Å². The van der Waals surface area contributed by atoms with E-state index in [4.69, 9.17) is 10.1 Å². The Morgan fingerprint density at radius 3 is 2.41 bits per heavy atom. The fraction of sp³-hybridized carbons (Fsp3) is 0.375. The number of ether oxygens (including phenoxy) is 1. The van der Waals surface area contributed by atoms with E-state index in [2.05, 4.69) is 63.8 Å². The molecule has 1 aliphatic rings. The third kappa shape index (κ3) is 3.16. The minimum atomic E-state index is -0.204. The van der Waals surface area contributed by atoms with E-state index in [9.17, 15) is 0 Å². The smallest absolute Gasteiger partial charge is 0.119 e. The highest BCUT2D eigenvalue weighted by Crippen LogP contribution is 2.50. The maximum absolute atomic E-state index is 7.73. The summed E-state index contributed by atoms with van der Waals surface area (Å²) in [6.07, 6.45) is 4.26. The molecular weight excluding hydrogens is 332 g/mol. The van der Waals surface area contributed by atoms with Gasteiger partial charge in [-0.05, 0) is 93.1 Å². The van der Waals surface area contributed by atoms with Crippen molar-refractivity contribution >= 4 is 11.9 Å². The van der Waals surface area contributed by atoms with Gasteiger partial charge in [0.05, 0.1) is 7.11 Å². The average molecular weight is 363 g/mol. The fourth-order valence-electron chi connectivity index (χ4n) is 4.36. The van der Waals surface area contributed by atoms with Crippen LogP contribution in [0.25, 0.3) is 0 Å². The van der Waals surface area contributed by atoms with Gasteiger partial charge in [-0.15, -0.1) is 0 Å². The first-order chi connectivity index (χ1) is 12.8. The normalized spacial score (nSPS) is 20.1. The van der Waals surface area contributed by atoms with Crippen molar-refractivity contribution in [2.75, 3.05) is 18.6 Å². The topological polar surface area (TPSA) is 36.3 Å². The standard InChI is InChI=1S/C24H30N2O/c1-7-26-22-9-8-20(27-6)14-21(22)24(5,23(26)10-11-25)15-19-13-17(3)16(2)12-18(19)4/h8-14,25H,7,15H2,1-6H3/b23-10-,25-11?. The number of likely N-dealkylation sites (N-methyl/N-ethyl adjacent to an activating group) is 1. The molecule has 0 aromatic heterocycles. The highest BCUT2D eigenvalue weighted by Gasteiger charge is 2.43. The van der Waals surface area contributed by atoms with Gasteiger partial charge in [0.15, 0.2) is 0 Å². The second-order valence-corrected chi connectivity index (χ2v) is 7.72. The summed E-state index contributed by atoms with van der Waals surface area (Å²) in [7, 11) is 1.72. The molecule has 0 fully saturated rings. The van der Waals surface area contributed by atoms with Crippen LogP contribution >= 0.6 is 0 Å². The van der Waals surface area contributed by atoms with Crippen LogP contribution in [0.3, 0.4) is 0 Å². The number of methoxy groups -OCH3 is 1. The highest BCUT2D eigenvalue weighted by atomic mass is 16.5. The molecule has 1 heterocycles. The molecule has 2 aromatic rings. The lowest BCUT2D eigenvalue weighted by Crippen LogP contribution is -2.31.